The van der Waals surface area contributed by atoms with Gasteiger partial charge < -0.3 is 10.2 Å². The Morgan fingerprint density at radius 1 is 1.25 bits per heavy atom. The molecular weight excluding hydrogens is 300 g/mol. The molecule has 24 heavy (non-hydrogen) atoms. The minimum absolute atomic E-state index is 0.00619. The number of piperidine rings is 1. The van der Waals surface area contributed by atoms with Gasteiger partial charge in [0.2, 0.25) is 11.9 Å². The first-order chi connectivity index (χ1) is 11.6. The standard InChI is InChI=1S/C19H24N4O/c1-14-5-7-16(8-6-14)12-21-18(24)17-4-3-11-23(13-17)19-20-10-9-15(2)22-19/h5-10,17H,3-4,11-13H2,1-2H3,(H,21,24)/t17-/m0/s1. The minimum Gasteiger partial charge on any atom is -0.352 e. The molecule has 5 nitrogen and oxygen atoms in total. The van der Waals surface area contributed by atoms with E-state index in [9.17, 15) is 4.79 Å². The molecule has 1 aromatic heterocycles. The topological polar surface area (TPSA) is 58.1 Å². The second kappa shape index (κ2) is 7.43. The largest absolute Gasteiger partial charge is 0.352 e. The zero-order valence-corrected chi connectivity index (χ0v) is 14.3. The van der Waals surface area contributed by atoms with Gasteiger partial charge in [-0.05, 0) is 38.3 Å². The van der Waals surface area contributed by atoms with Crippen LogP contribution in [0.2, 0.25) is 0 Å². The van der Waals surface area contributed by atoms with Crippen LogP contribution in [0.3, 0.4) is 0 Å². The number of aryl methyl sites for hydroxylation is 2. The number of hydrogen-bond donors (Lipinski definition) is 1. The van der Waals surface area contributed by atoms with Crippen molar-refractivity contribution in [2.75, 3.05) is 18.0 Å². The van der Waals surface area contributed by atoms with Crippen LogP contribution in [0.4, 0.5) is 5.95 Å². The zero-order valence-electron chi connectivity index (χ0n) is 14.3. The summed E-state index contributed by atoms with van der Waals surface area (Å²) in [7, 11) is 0. The van der Waals surface area contributed by atoms with Crippen molar-refractivity contribution in [1.29, 1.82) is 0 Å². The van der Waals surface area contributed by atoms with E-state index in [1.165, 1.54) is 5.56 Å². The number of aromatic nitrogens is 2. The number of carbonyl (C=O) groups excluding carboxylic acids is 1. The fraction of sp³-hybridized carbons (Fsp3) is 0.421. The Morgan fingerprint density at radius 3 is 2.79 bits per heavy atom. The molecule has 1 amide bonds. The van der Waals surface area contributed by atoms with Crippen molar-refractivity contribution in [3.8, 4) is 0 Å². The number of nitrogens with zero attached hydrogens (tertiary/aromatic N) is 3. The van der Waals surface area contributed by atoms with Gasteiger partial charge in [0, 0.05) is 31.5 Å². The van der Waals surface area contributed by atoms with Gasteiger partial charge in [-0.15, -0.1) is 0 Å². The summed E-state index contributed by atoms with van der Waals surface area (Å²) in [4.78, 5) is 23.4. The summed E-state index contributed by atoms with van der Waals surface area (Å²) < 4.78 is 0. The van der Waals surface area contributed by atoms with Crippen LogP contribution in [0.15, 0.2) is 36.5 Å². The van der Waals surface area contributed by atoms with Crippen LogP contribution in [0, 0.1) is 19.8 Å². The van der Waals surface area contributed by atoms with Gasteiger partial charge in [0.15, 0.2) is 0 Å². The van der Waals surface area contributed by atoms with Crippen LogP contribution in [-0.4, -0.2) is 29.0 Å². The zero-order chi connectivity index (χ0) is 16.9. The monoisotopic (exact) mass is 324 g/mol. The molecule has 5 heteroatoms. The Bertz CT molecular complexity index is 699. The molecule has 0 unspecified atom stereocenters. The summed E-state index contributed by atoms with van der Waals surface area (Å²) in [6, 6.07) is 10.1. The summed E-state index contributed by atoms with van der Waals surface area (Å²) >= 11 is 0. The smallest absolute Gasteiger partial charge is 0.225 e. The highest BCUT2D eigenvalue weighted by Crippen LogP contribution is 2.20. The Labute approximate surface area is 143 Å². The van der Waals surface area contributed by atoms with E-state index < -0.39 is 0 Å². The number of nitrogens with one attached hydrogen (secondary N) is 1. The lowest BCUT2D eigenvalue weighted by Gasteiger charge is -2.32. The average Bonchev–Trinajstić information content (AvgIpc) is 2.61. The van der Waals surface area contributed by atoms with Crippen LogP contribution >= 0.6 is 0 Å². The second-order valence-corrected chi connectivity index (χ2v) is 6.49. The van der Waals surface area contributed by atoms with E-state index in [0.29, 0.717) is 13.1 Å². The molecule has 1 N–H and O–H groups in total. The van der Waals surface area contributed by atoms with E-state index >= 15 is 0 Å². The number of anilines is 1. The van der Waals surface area contributed by atoms with Crippen molar-refractivity contribution in [3.05, 3.63) is 53.3 Å². The summed E-state index contributed by atoms with van der Waals surface area (Å²) in [5.74, 6) is 0.840. The van der Waals surface area contributed by atoms with Crippen LogP contribution < -0.4 is 10.2 Å². The first-order valence-electron chi connectivity index (χ1n) is 8.49. The minimum atomic E-state index is -0.00619. The predicted octanol–water partition coefficient (Wildman–Crippen LogP) is 2.63. The maximum Gasteiger partial charge on any atom is 0.225 e. The Kier molecular flexibility index (Phi) is 5.08. The van der Waals surface area contributed by atoms with Gasteiger partial charge in [-0.2, -0.15) is 0 Å². The van der Waals surface area contributed by atoms with Gasteiger partial charge in [-0.3, -0.25) is 4.79 Å². The van der Waals surface area contributed by atoms with Crippen molar-refractivity contribution in [2.24, 2.45) is 5.92 Å². The number of hydrogen-bond acceptors (Lipinski definition) is 4. The van der Waals surface area contributed by atoms with Crippen LogP contribution in [-0.2, 0) is 11.3 Å². The van der Waals surface area contributed by atoms with E-state index in [1.807, 2.05) is 13.0 Å². The lowest BCUT2D eigenvalue weighted by Crippen LogP contribution is -2.43. The molecule has 0 radical (unpaired) electrons. The molecule has 2 heterocycles. The van der Waals surface area contributed by atoms with Gasteiger partial charge in [0.05, 0.1) is 5.92 Å². The Balaban J connectivity index is 1.57. The molecule has 1 atom stereocenters. The molecule has 2 aromatic rings. The quantitative estimate of drug-likeness (QED) is 0.939. The summed E-state index contributed by atoms with van der Waals surface area (Å²) in [5, 5.41) is 3.07. The molecule has 1 fully saturated rings. The van der Waals surface area contributed by atoms with Crippen molar-refractivity contribution in [2.45, 2.75) is 33.2 Å². The fourth-order valence-corrected chi connectivity index (χ4v) is 3.00. The van der Waals surface area contributed by atoms with E-state index in [0.717, 1.165) is 36.6 Å². The third kappa shape index (κ3) is 4.10. The van der Waals surface area contributed by atoms with Gasteiger partial charge in [0.25, 0.3) is 0 Å². The van der Waals surface area contributed by atoms with E-state index in [2.05, 4.69) is 51.4 Å². The van der Waals surface area contributed by atoms with Crippen molar-refractivity contribution in [1.82, 2.24) is 15.3 Å². The maximum atomic E-state index is 12.5. The number of benzene rings is 1. The molecule has 1 aliphatic rings. The summed E-state index contributed by atoms with van der Waals surface area (Å²) in [6.07, 6.45) is 3.68. The van der Waals surface area contributed by atoms with Gasteiger partial charge in [-0.25, -0.2) is 9.97 Å². The van der Waals surface area contributed by atoms with Crippen LogP contribution in [0.1, 0.15) is 29.7 Å². The average molecular weight is 324 g/mol. The van der Waals surface area contributed by atoms with Crippen molar-refractivity contribution < 1.29 is 4.79 Å². The van der Waals surface area contributed by atoms with Crippen LogP contribution in [0.25, 0.3) is 0 Å². The normalized spacial score (nSPS) is 17.6. The van der Waals surface area contributed by atoms with Crippen molar-refractivity contribution in [3.63, 3.8) is 0 Å². The Hall–Kier alpha value is -2.43. The predicted molar refractivity (Wildman–Crippen MR) is 94.7 cm³/mol. The number of rotatable bonds is 4. The lowest BCUT2D eigenvalue weighted by atomic mass is 9.97. The van der Waals surface area contributed by atoms with E-state index in [4.69, 9.17) is 0 Å². The molecular formula is C19H24N4O. The first kappa shape index (κ1) is 16.4. The molecule has 0 saturated carbocycles. The van der Waals surface area contributed by atoms with E-state index in [1.54, 1.807) is 6.20 Å². The SMILES string of the molecule is Cc1ccc(CNC(=O)[C@H]2CCCN(c3nccc(C)n3)C2)cc1. The molecule has 126 valence electrons. The molecule has 1 saturated heterocycles. The molecule has 0 spiro atoms. The van der Waals surface area contributed by atoms with Gasteiger partial charge in [0.1, 0.15) is 0 Å². The highest BCUT2D eigenvalue weighted by Gasteiger charge is 2.26. The fourth-order valence-electron chi connectivity index (χ4n) is 3.00. The van der Waals surface area contributed by atoms with Gasteiger partial charge in [-0.1, -0.05) is 29.8 Å². The van der Waals surface area contributed by atoms with Crippen LogP contribution in [0.5, 0.6) is 0 Å². The summed E-state index contributed by atoms with van der Waals surface area (Å²) in [5.41, 5.74) is 3.31. The molecule has 0 aliphatic carbocycles. The molecule has 1 aromatic carbocycles. The molecule has 1 aliphatic heterocycles. The third-order valence-corrected chi connectivity index (χ3v) is 4.44. The number of amides is 1. The van der Waals surface area contributed by atoms with E-state index in [-0.39, 0.29) is 11.8 Å². The molecule has 3 rings (SSSR count). The highest BCUT2D eigenvalue weighted by atomic mass is 16.1. The Morgan fingerprint density at radius 2 is 2.04 bits per heavy atom. The maximum absolute atomic E-state index is 12.5. The van der Waals surface area contributed by atoms with Gasteiger partial charge >= 0.3 is 0 Å². The second-order valence-electron chi connectivity index (χ2n) is 6.49. The third-order valence-electron chi connectivity index (χ3n) is 4.44. The van der Waals surface area contributed by atoms with Crippen molar-refractivity contribution >= 4 is 11.9 Å². The number of carbonyl (C=O) groups is 1. The summed E-state index contributed by atoms with van der Waals surface area (Å²) in [6.45, 7) is 6.19. The highest BCUT2D eigenvalue weighted by molar-refractivity contribution is 5.79. The first-order valence-corrected chi connectivity index (χ1v) is 8.49. The lowest BCUT2D eigenvalue weighted by molar-refractivity contribution is -0.125. The molecule has 0 bridgehead atoms.